The van der Waals surface area contributed by atoms with Crippen molar-refractivity contribution in [2.75, 3.05) is 10.2 Å². The Morgan fingerprint density at radius 3 is 2.33 bits per heavy atom. The molecule has 0 aliphatic heterocycles. The summed E-state index contributed by atoms with van der Waals surface area (Å²) in [5.41, 5.74) is 3.93. The molecule has 2 N–H and O–H groups in total. The van der Waals surface area contributed by atoms with E-state index in [0.29, 0.717) is 33.2 Å². The molecule has 1 aliphatic carbocycles. The number of anilines is 3. The van der Waals surface area contributed by atoms with Gasteiger partial charge in [-0.3, -0.25) is 9.69 Å². The highest BCUT2D eigenvalue weighted by atomic mass is 35.5. The Morgan fingerprint density at radius 2 is 1.64 bits per heavy atom. The van der Waals surface area contributed by atoms with Gasteiger partial charge in [0, 0.05) is 22.9 Å². The topological polar surface area (TPSA) is 69.6 Å². The van der Waals surface area contributed by atoms with E-state index in [1.165, 1.54) is 4.90 Å². The van der Waals surface area contributed by atoms with Crippen LogP contribution >= 0.6 is 11.6 Å². The monoisotopic (exact) mass is 462 g/mol. The number of nitrogens with zero attached hydrogens (tertiary/aromatic N) is 1. The molecular weight excluding hydrogens is 436 g/mol. The highest BCUT2D eigenvalue weighted by molar-refractivity contribution is 6.35. The summed E-state index contributed by atoms with van der Waals surface area (Å²) in [5.74, 6) is -0.126. The minimum Gasteiger partial charge on any atom is -0.465 e. The van der Waals surface area contributed by atoms with Crippen molar-refractivity contribution in [2.45, 2.75) is 45.1 Å². The summed E-state index contributed by atoms with van der Waals surface area (Å²) >= 11 is 6.50. The summed E-state index contributed by atoms with van der Waals surface area (Å²) in [6.45, 7) is 1.90. The number of carbonyl (C=O) groups is 2. The van der Waals surface area contributed by atoms with Crippen molar-refractivity contribution in [1.82, 2.24) is 0 Å². The Bertz CT molecular complexity index is 1170. The molecule has 4 rings (SSSR count). The maximum Gasteiger partial charge on any atom is 0.412 e. The normalized spacial score (nSPS) is 14.0. The van der Waals surface area contributed by atoms with Gasteiger partial charge >= 0.3 is 6.09 Å². The van der Waals surface area contributed by atoms with Gasteiger partial charge in [-0.05, 0) is 55.7 Å². The van der Waals surface area contributed by atoms with Crippen LogP contribution in [0.25, 0.3) is 0 Å². The molecule has 33 heavy (non-hydrogen) atoms. The highest BCUT2D eigenvalue weighted by Gasteiger charge is 2.28. The summed E-state index contributed by atoms with van der Waals surface area (Å²) in [6.07, 6.45) is 4.00. The minimum atomic E-state index is -0.951. The molecule has 0 spiro atoms. The number of hydrogen-bond acceptors (Lipinski definition) is 3. The number of amides is 1. The summed E-state index contributed by atoms with van der Waals surface area (Å²) in [7, 11) is 0. The summed E-state index contributed by atoms with van der Waals surface area (Å²) in [6, 6.07) is 20.0. The Hall–Kier alpha value is -3.31. The fourth-order valence-corrected chi connectivity index (χ4v) is 4.76. The predicted molar refractivity (Wildman–Crippen MR) is 133 cm³/mol. The van der Waals surface area contributed by atoms with Crippen molar-refractivity contribution in [1.29, 1.82) is 0 Å². The van der Waals surface area contributed by atoms with E-state index >= 15 is 0 Å². The van der Waals surface area contributed by atoms with Crippen LogP contribution in [0.15, 0.2) is 66.7 Å². The van der Waals surface area contributed by atoms with Crippen LogP contribution in [0.1, 0.15) is 53.6 Å². The second-order valence-corrected chi connectivity index (χ2v) is 8.83. The van der Waals surface area contributed by atoms with Crippen LogP contribution in [0.3, 0.4) is 0 Å². The smallest absolute Gasteiger partial charge is 0.412 e. The molecule has 0 heterocycles. The van der Waals surface area contributed by atoms with E-state index in [2.05, 4.69) is 5.32 Å². The quantitative estimate of drug-likeness (QED) is 0.373. The first-order valence-corrected chi connectivity index (χ1v) is 11.6. The van der Waals surface area contributed by atoms with E-state index in [9.17, 15) is 14.7 Å². The Balaban J connectivity index is 1.61. The van der Waals surface area contributed by atoms with Crippen LogP contribution in [0.4, 0.5) is 21.9 Å². The van der Waals surface area contributed by atoms with Gasteiger partial charge in [0.1, 0.15) is 0 Å². The van der Waals surface area contributed by atoms with Crippen molar-refractivity contribution in [3.05, 3.63) is 88.4 Å². The first-order chi connectivity index (χ1) is 16.0. The van der Waals surface area contributed by atoms with Crippen LogP contribution in [0.2, 0.25) is 5.02 Å². The third kappa shape index (κ3) is 5.04. The van der Waals surface area contributed by atoms with Gasteiger partial charge in [-0.1, -0.05) is 67.3 Å². The lowest BCUT2D eigenvalue weighted by molar-refractivity contribution is 0.103. The zero-order chi connectivity index (χ0) is 23.4. The van der Waals surface area contributed by atoms with Gasteiger partial charge in [-0.15, -0.1) is 0 Å². The van der Waals surface area contributed by atoms with Gasteiger partial charge in [-0.2, -0.15) is 0 Å². The first kappa shape index (κ1) is 22.9. The molecule has 170 valence electrons. The summed E-state index contributed by atoms with van der Waals surface area (Å²) < 4.78 is 0. The molecule has 1 fully saturated rings. The standard InChI is InChI=1S/C27H27ClN2O3/c1-18-9-5-6-12-21(18)26(31)22-16-15-19(17-23(22)28)29-24-13-7-8-14-25(24)30(27(32)33)20-10-3-2-4-11-20/h5-9,12-17,20,29H,2-4,10-11H2,1H3,(H,32,33). The summed E-state index contributed by atoms with van der Waals surface area (Å²) in [4.78, 5) is 26.6. The number of carboxylic acid groups (broad SMARTS) is 1. The van der Waals surface area contributed by atoms with Gasteiger partial charge in [0.2, 0.25) is 0 Å². The van der Waals surface area contributed by atoms with E-state index in [0.717, 1.165) is 37.7 Å². The fourth-order valence-electron chi connectivity index (χ4n) is 4.49. The Labute approximate surface area is 199 Å². The molecule has 5 nitrogen and oxygen atoms in total. The number of para-hydroxylation sites is 2. The molecule has 0 radical (unpaired) electrons. The van der Waals surface area contributed by atoms with Crippen LogP contribution in [-0.4, -0.2) is 23.0 Å². The predicted octanol–water partition coefficient (Wildman–Crippen LogP) is 7.44. The van der Waals surface area contributed by atoms with Crippen LogP contribution in [-0.2, 0) is 0 Å². The van der Waals surface area contributed by atoms with E-state index in [1.54, 1.807) is 24.3 Å². The first-order valence-electron chi connectivity index (χ1n) is 11.2. The SMILES string of the molecule is Cc1ccccc1C(=O)c1ccc(Nc2ccccc2N(C(=O)O)C2CCCCC2)cc1Cl. The average molecular weight is 463 g/mol. The molecule has 3 aromatic carbocycles. The van der Waals surface area contributed by atoms with E-state index < -0.39 is 6.09 Å². The molecule has 1 amide bonds. The Morgan fingerprint density at radius 1 is 0.939 bits per heavy atom. The van der Waals surface area contributed by atoms with Gasteiger partial charge in [0.05, 0.1) is 16.4 Å². The zero-order valence-corrected chi connectivity index (χ0v) is 19.3. The molecule has 1 saturated carbocycles. The van der Waals surface area contributed by atoms with Gasteiger partial charge in [0.25, 0.3) is 0 Å². The molecule has 6 heteroatoms. The number of benzene rings is 3. The molecule has 0 unspecified atom stereocenters. The molecular formula is C27H27ClN2O3. The highest BCUT2D eigenvalue weighted by Crippen LogP contribution is 2.35. The number of rotatable bonds is 6. The Kier molecular flexibility index (Phi) is 6.99. The third-order valence-electron chi connectivity index (χ3n) is 6.19. The number of carbonyl (C=O) groups excluding carboxylic acids is 1. The fraction of sp³-hybridized carbons (Fsp3) is 0.259. The van der Waals surface area contributed by atoms with Crippen molar-refractivity contribution >= 4 is 40.5 Å². The largest absolute Gasteiger partial charge is 0.465 e. The number of ketones is 1. The van der Waals surface area contributed by atoms with Gasteiger partial charge < -0.3 is 10.4 Å². The van der Waals surface area contributed by atoms with Crippen LogP contribution in [0.5, 0.6) is 0 Å². The van der Waals surface area contributed by atoms with E-state index in [-0.39, 0.29) is 11.8 Å². The summed E-state index contributed by atoms with van der Waals surface area (Å²) in [5, 5.41) is 13.6. The van der Waals surface area contributed by atoms with Crippen molar-refractivity contribution in [2.24, 2.45) is 0 Å². The third-order valence-corrected chi connectivity index (χ3v) is 6.50. The van der Waals surface area contributed by atoms with Crippen LogP contribution < -0.4 is 10.2 Å². The molecule has 0 atom stereocenters. The maximum atomic E-state index is 13.0. The van der Waals surface area contributed by atoms with Gasteiger partial charge in [-0.25, -0.2) is 4.79 Å². The second-order valence-electron chi connectivity index (χ2n) is 8.43. The van der Waals surface area contributed by atoms with E-state index in [1.807, 2.05) is 49.4 Å². The number of aryl methyl sites for hydroxylation is 1. The lowest BCUT2D eigenvalue weighted by Crippen LogP contribution is -2.41. The molecule has 1 aliphatic rings. The lowest BCUT2D eigenvalue weighted by atomic mass is 9.94. The molecule has 0 saturated heterocycles. The maximum absolute atomic E-state index is 13.0. The average Bonchev–Trinajstić information content (AvgIpc) is 2.81. The van der Waals surface area contributed by atoms with Crippen molar-refractivity contribution in [3.8, 4) is 0 Å². The van der Waals surface area contributed by atoms with Crippen molar-refractivity contribution in [3.63, 3.8) is 0 Å². The van der Waals surface area contributed by atoms with Crippen molar-refractivity contribution < 1.29 is 14.7 Å². The minimum absolute atomic E-state index is 0.0307. The number of nitrogens with one attached hydrogen (secondary N) is 1. The number of halogens is 1. The number of hydrogen-bond donors (Lipinski definition) is 2. The van der Waals surface area contributed by atoms with E-state index in [4.69, 9.17) is 11.6 Å². The lowest BCUT2D eigenvalue weighted by Gasteiger charge is -2.33. The molecule has 0 bridgehead atoms. The zero-order valence-electron chi connectivity index (χ0n) is 18.6. The molecule has 0 aromatic heterocycles. The van der Waals surface area contributed by atoms with Gasteiger partial charge in [0.15, 0.2) is 5.78 Å². The second kappa shape index (κ2) is 10.1. The van der Waals surface area contributed by atoms with Crippen LogP contribution in [0, 0.1) is 6.92 Å². The molecule has 3 aromatic rings.